The van der Waals surface area contributed by atoms with Gasteiger partial charge in [-0.3, -0.25) is 4.99 Å². The van der Waals surface area contributed by atoms with E-state index in [4.69, 9.17) is 4.74 Å². The van der Waals surface area contributed by atoms with Gasteiger partial charge in [0.2, 0.25) is 5.88 Å². The van der Waals surface area contributed by atoms with Crippen molar-refractivity contribution in [3.63, 3.8) is 0 Å². The van der Waals surface area contributed by atoms with Gasteiger partial charge in [-0.05, 0) is 56.4 Å². The lowest BCUT2D eigenvalue weighted by molar-refractivity contribution is 0.191. The zero-order valence-corrected chi connectivity index (χ0v) is 18.0. The Labute approximate surface area is 168 Å². The number of aromatic nitrogens is 1. The number of likely N-dealkylation sites (tertiary alicyclic amines) is 1. The molecule has 1 saturated heterocycles. The minimum absolute atomic E-state index is 0. The molecule has 0 amide bonds. The number of nitrogens with zero attached hydrogens (tertiary/aromatic N) is 3. The molecule has 142 valence electrons. The molecule has 1 fully saturated rings. The van der Waals surface area contributed by atoms with Crippen molar-refractivity contribution in [2.24, 2.45) is 10.9 Å². The van der Waals surface area contributed by atoms with Crippen LogP contribution in [-0.4, -0.2) is 56.2 Å². The zero-order chi connectivity index (χ0) is 17.2. The fraction of sp³-hybridized carbons (Fsp3) is 0.667. The first-order valence-electron chi connectivity index (χ1n) is 8.87. The van der Waals surface area contributed by atoms with E-state index in [1.807, 2.05) is 12.1 Å². The first-order chi connectivity index (χ1) is 11.7. The number of hydrogen-bond donors (Lipinski definition) is 2. The third-order valence-electron chi connectivity index (χ3n) is 4.51. The van der Waals surface area contributed by atoms with Crippen molar-refractivity contribution in [2.45, 2.75) is 32.7 Å². The van der Waals surface area contributed by atoms with E-state index in [0.717, 1.165) is 37.0 Å². The van der Waals surface area contributed by atoms with Crippen LogP contribution in [0.15, 0.2) is 23.3 Å². The molecule has 1 aromatic heterocycles. The van der Waals surface area contributed by atoms with Crippen LogP contribution in [0.2, 0.25) is 0 Å². The number of pyridine rings is 1. The maximum Gasteiger partial charge on any atom is 0.213 e. The molecule has 0 aliphatic carbocycles. The van der Waals surface area contributed by atoms with Crippen LogP contribution in [0.1, 0.15) is 31.7 Å². The van der Waals surface area contributed by atoms with Gasteiger partial charge in [-0.15, -0.1) is 24.0 Å². The van der Waals surface area contributed by atoms with E-state index in [1.165, 1.54) is 25.9 Å². The third kappa shape index (κ3) is 8.22. The van der Waals surface area contributed by atoms with Crippen molar-refractivity contribution in [3.8, 4) is 5.88 Å². The number of guanidine groups is 1. The van der Waals surface area contributed by atoms with Gasteiger partial charge < -0.3 is 20.3 Å². The topological polar surface area (TPSA) is 61.8 Å². The van der Waals surface area contributed by atoms with Crippen molar-refractivity contribution in [2.75, 3.05) is 40.3 Å². The maximum absolute atomic E-state index is 5.14. The summed E-state index contributed by atoms with van der Waals surface area (Å²) in [5.74, 6) is 2.36. The fourth-order valence-electron chi connectivity index (χ4n) is 2.87. The number of halogens is 1. The monoisotopic (exact) mass is 461 g/mol. The molecule has 1 aliphatic rings. The Balaban J connectivity index is 0.00000312. The summed E-state index contributed by atoms with van der Waals surface area (Å²) in [6.07, 6.45) is 5.57. The van der Waals surface area contributed by atoms with Crippen molar-refractivity contribution >= 4 is 29.9 Å². The molecule has 7 heteroatoms. The molecular formula is C18H32IN5O. The third-order valence-corrected chi connectivity index (χ3v) is 4.51. The number of hydrogen-bond acceptors (Lipinski definition) is 4. The maximum atomic E-state index is 5.14. The van der Waals surface area contributed by atoms with Gasteiger partial charge in [0.15, 0.2) is 5.96 Å². The first kappa shape index (κ1) is 22.0. The van der Waals surface area contributed by atoms with Crippen molar-refractivity contribution < 1.29 is 4.74 Å². The second-order valence-corrected chi connectivity index (χ2v) is 6.44. The highest BCUT2D eigenvalue weighted by Crippen LogP contribution is 2.15. The molecule has 6 nitrogen and oxygen atoms in total. The zero-order valence-electron chi connectivity index (χ0n) is 15.6. The minimum Gasteiger partial charge on any atom is -0.481 e. The average Bonchev–Trinajstić information content (AvgIpc) is 2.63. The molecule has 0 saturated carbocycles. The molecule has 0 radical (unpaired) electrons. The number of methoxy groups -OCH3 is 1. The average molecular weight is 461 g/mol. The Morgan fingerprint density at radius 1 is 1.36 bits per heavy atom. The van der Waals surface area contributed by atoms with Gasteiger partial charge >= 0.3 is 0 Å². The summed E-state index contributed by atoms with van der Waals surface area (Å²) in [6.45, 7) is 7.65. The van der Waals surface area contributed by atoms with Gasteiger partial charge in [0.1, 0.15) is 0 Å². The Hall–Kier alpha value is -1.09. The quantitative estimate of drug-likeness (QED) is 0.283. The molecular weight excluding hydrogens is 429 g/mol. The van der Waals surface area contributed by atoms with E-state index in [-0.39, 0.29) is 24.0 Å². The number of aliphatic imine (C=N–C) groups is 1. The summed E-state index contributed by atoms with van der Waals surface area (Å²) in [5, 5.41) is 6.71. The molecule has 2 N–H and O–H groups in total. The summed E-state index contributed by atoms with van der Waals surface area (Å²) in [5.41, 5.74) is 1.12. The first-order valence-corrected chi connectivity index (χ1v) is 8.87. The van der Waals surface area contributed by atoms with Gasteiger partial charge in [0.25, 0.3) is 0 Å². The second kappa shape index (κ2) is 12.3. The molecule has 0 atom stereocenters. The van der Waals surface area contributed by atoms with Gasteiger partial charge in [0, 0.05) is 32.4 Å². The van der Waals surface area contributed by atoms with Crippen molar-refractivity contribution in [1.29, 1.82) is 0 Å². The highest BCUT2D eigenvalue weighted by atomic mass is 127. The summed E-state index contributed by atoms with van der Waals surface area (Å²) in [7, 11) is 3.43. The summed E-state index contributed by atoms with van der Waals surface area (Å²) >= 11 is 0. The lowest BCUT2D eigenvalue weighted by Gasteiger charge is -2.30. The van der Waals surface area contributed by atoms with Crippen LogP contribution in [0.3, 0.4) is 0 Å². The molecule has 2 heterocycles. The molecule has 0 aromatic carbocycles. The smallest absolute Gasteiger partial charge is 0.213 e. The van der Waals surface area contributed by atoms with Gasteiger partial charge in [-0.25, -0.2) is 4.98 Å². The van der Waals surface area contributed by atoms with E-state index >= 15 is 0 Å². The van der Waals surface area contributed by atoms with E-state index in [0.29, 0.717) is 12.4 Å². The summed E-state index contributed by atoms with van der Waals surface area (Å²) in [6, 6.07) is 3.90. The molecule has 2 rings (SSSR count). The molecule has 1 aliphatic heterocycles. The van der Waals surface area contributed by atoms with E-state index in [2.05, 4.69) is 32.4 Å². The molecule has 25 heavy (non-hydrogen) atoms. The summed E-state index contributed by atoms with van der Waals surface area (Å²) in [4.78, 5) is 11.0. The van der Waals surface area contributed by atoms with Crippen LogP contribution in [-0.2, 0) is 6.54 Å². The normalized spacial score (nSPS) is 16.2. The van der Waals surface area contributed by atoms with Crippen LogP contribution in [0.4, 0.5) is 0 Å². The molecule has 0 spiro atoms. The van der Waals surface area contributed by atoms with Crippen LogP contribution in [0.25, 0.3) is 0 Å². The lowest BCUT2D eigenvalue weighted by atomic mass is 9.99. The predicted octanol–water partition coefficient (Wildman–Crippen LogP) is 2.50. The largest absolute Gasteiger partial charge is 0.481 e. The Morgan fingerprint density at radius 3 is 2.80 bits per heavy atom. The Kier molecular flexibility index (Phi) is 10.8. The van der Waals surface area contributed by atoms with E-state index in [1.54, 1.807) is 20.4 Å². The summed E-state index contributed by atoms with van der Waals surface area (Å²) < 4.78 is 5.14. The van der Waals surface area contributed by atoms with Gasteiger partial charge in [-0.2, -0.15) is 0 Å². The van der Waals surface area contributed by atoms with Crippen LogP contribution >= 0.6 is 24.0 Å². The van der Waals surface area contributed by atoms with Crippen molar-refractivity contribution in [3.05, 3.63) is 23.9 Å². The predicted molar refractivity (Wildman–Crippen MR) is 114 cm³/mol. The Bertz CT molecular complexity index is 518. The highest BCUT2D eigenvalue weighted by molar-refractivity contribution is 14.0. The molecule has 0 unspecified atom stereocenters. The minimum atomic E-state index is 0. The molecule has 1 aromatic rings. The van der Waals surface area contributed by atoms with Crippen molar-refractivity contribution in [1.82, 2.24) is 20.5 Å². The van der Waals surface area contributed by atoms with Gasteiger partial charge in [0.05, 0.1) is 7.11 Å². The standard InChI is InChI=1S/C18H31N5O.HI/c1-15-6-11-23(12-7-15)10-4-8-21-18(19-2)22-14-16-5-9-20-17(13-16)24-3;/h5,9,13,15H,4,6-8,10-12,14H2,1-3H3,(H2,19,21,22);1H. The SMILES string of the molecule is CN=C(NCCCN1CCC(C)CC1)NCc1ccnc(OC)c1.I. The Morgan fingerprint density at radius 2 is 2.12 bits per heavy atom. The van der Waals surface area contributed by atoms with E-state index in [9.17, 15) is 0 Å². The van der Waals surface area contributed by atoms with Crippen LogP contribution in [0, 0.1) is 5.92 Å². The van der Waals surface area contributed by atoms with Crippen LogP contribution in [0.5, 0.6) is 5.88 Å². The number of piperidine rings is 1. The highest BCUT2D eigenvalue weighted by Gasteiger charge is 2.14. The van der Waals surface area contributed by atoms with E-state index < -0.39 is 0 Å². The fourth-order valence-corrected chi connectivity index (χ4v) is 2.87. The number of nitrogens with one attached hydrogen (secondary N) is 2. The molecule has 0 bridgehead atoms. The second-order valence-electron chi connectivity index (χ2n) is 6.44. The number of rotatable bonds is 7. The lowest BCUT2D eigenvalue weighted by Crippen LogP contribution is -2.39. The van der Waals surface area contributed by atoms with Crippen LogP contribution < -0.4 is 15.4 Å². The number of ether oxygens (including phenoxy) is 1. The van der Waals surface area contributed by atoms with Gasteiger partial charge in [-0.1, -0.05) is 6.92 Å².